The maximum atomic E-state index is 12.7. The highest BCUT2D eigenvalue weighted by Crippen LogP contribution is 2.18. The number of nitrogens with one attached hydrogen (secondary N) is 3. The molecule has 1 aliphatic heterocycles. The SMILES string of the molecule is CC(C)C(NC(=O)c1ccccc1Cl)C(=O)Nc1nc(N2CCCCC2)n[nH]1. The van der Waals surface area contributed by atoms with E-state index in [0.717, 1.165) is 25.9 Å². The smallest absolute Gasteiger partial charge is 0.253 e. The highest BCUT2D eigenvalue weighted by Gasteiger charge is 2.26. The van der Waals surface area contributed by atoms with Crippen LogP contribution in [-0.4, -0.2) is 46.1 Å². The molecule has 0 bridgehead atoms. The Kier molecular flexibility index (Phi) is 6.51. The van der Waals surface area contributed by atoms with E-state index >= 15 is 0 Å². The first-order chi connectivity index (χ1) is 13.5. The van der Waals surface area contributed by atoms with Gasteiger partial charge >= 0.3 is 0 Å². The summed E-state index contributed by atoms with van der Waals surface area (Å²) >= 11 is 6.08. The summed E-state index contributed by atoms with van der Waals surface area (Å²) in [5.41, 5.74) is 0.328. The Morgan fingerprint density at radius 1 is 1.18 bits per heavy atom. The molecule has 150 valence electrons. The Morgan fingerprint density at radius 2 is 1.89 bits per heavy atom. The molecule has 1 unspecified atom stereocenters. The number of carbonyl (C=O) groups excluding carboxylic acids is 2. The van der Waals surface area contributed by atoms with Crippen molar-refractivity contribution >= 4 is 35.3 Å². The van der Waals surface area contributed by atoms with E-state index in [2.05, 4.69) is 30.7 Å². The van der Waals surface area contributed by atoms with Crippen LogP contribution in [0.2, 0.25) is 5.02 Å². The lowest BCUT2D eigenvalue weighted by Gasteiger charge is -2.24. The molecule has 0 radical (unpaired) electrons. The van der Waals surface area contributed by atoms with Gasteiger partial charge in [0.2, 0.25) is 17.8 Å². The summed E-state index contributed by atoms with van der Waals surface area (Å²) in [5, 5.41) is 12.7. The van der Waals surface area contributed by atoms with Crippen LogP contribution in [0.25, 0.3) is 0 Å². The van der Waals surface area contributed by atoms with Crippen molar-refractivity contribution in [1.29, 1.82) is 0 Å². The Hall–Kier alpha value is -2.61. The first kappa shape index (κ1) is 20.1. The predicted molar refractivity (Wildman–Crippen MR) is 109 cm³/mol. The van der Waals surface area contributed by atoms with Crippen molar-refractivity contribution in [1.82, 2.24) is 20.5 Å². The first-order valence-corrected chi connectivity index (χ1v) is 9.87. The molecule has 3 rings (SSSR count). The number of halogens is 1. The van der Waals surface area contributed by atoms with Gasteiger partial charge in [0, 0.05) is 13.1 Å². The van der Waals surface area contributed by atoms with Crippen molar-refractivity contribution in [2.24, 2.45) is 5.92 Å². The maximum Gasteiger partial charge on any atom is 0.253 e. The fourth-order valence-corrected chi connectivity index (χ4v) is 3.36. The third-order valence-corrected chi connectivity index (χ3v) is 5.04. The molecule has 9 heteroatoms. The lowest BCUT2D eigenvalue weighted by molar-refractivity contribution is -0.118. The van der Waals surface area contributed by atoms with Crippen LogP contribution in [0, 0.1) is 5.92 Å². The minimum absolute atomic E-state index is 0.129. The number of benzene rings is 1. The minimum atomic E-state index is -0.743. The molecule has 8 nitrogen and oxygen atoms in total. The molecular formula is C19H25ClN6O2. The zero-order valence-corrected chi connectivity index (χ0v) is 16.8. The second kappa shape index (κ2) is 9.05. The molecule has 1 saturated heterocycles. The number of piperidine rings is 1. The summed E-state index contributed by atoms with van der Waals surface area (Å²) in [7, 11) is 0. The summed E-state index contributed by atoms with van der Waals surface area (Å²) in [5.74, 6) is -0.0434. The topological polar surface area (TPSA) is 103 Å². The summed E-state index contributed by atoms with van der Waals surface area (Å²) < 4.78 is 0. The number of H-pyrrole nitrogens is 1. The van der Waals surface area contributed by atoms with Crippen LogP contribution in [0.15, 0.2) is 24.3 Å². The number of aromatic nitrogens is 3. The van der Waals surface area contributed by atoms with E-state index in [1.54, 1.807) is 24.3 Å². The quantitative estimate of drug-likeness (QED) is 0.686. The van der Waals surface area contributed by atoms with Crippen molar-refractivity contribution in [2.75, 3.05) is 23.3 Å². The molecule has 1 atom stereocenters. The minimum Gasteiger partial charge on any atom is -0.340 e. The van der Waals surface area contributed by atoms with Crippen LogP contribution >= 0.6 is 11.6 Å². The molecule has 1 aromatic carbocycles. The van der Waals surface area contributed by atoms with Crippen LogP contribution in [0.3, 0.4) is 0 Å². The normalized spacial score (nSPS) is 15.4. The third-order valence-electron chi connectivity index (χ3n) is 4.71. The summed E-state index contributed by atoms with van der Waals surface area (Å²) in [6.07, 6.45) is 3.44. The number of carbonyl (C=O) groups is 2. The molecule has 2 heterocycles. The maximum absolute atomic E-state index is 12.7. The molecule has 0 saturated carbocycles. The molecule has 2 aromatic rings. The average molecular weight is 405 g/mol. The Bertz CT molecular complexity index is 831. The Morgan fingerprint density at radius 3 is 2.57 bits per heavy atom. The largest absolute Gasteiger partial charge is 0.340 e. The molecule has 1 aliphatic rings. The van der Waals surface area contributed by atoms with Gasteiger partial charge in [-0.2, -0.15) is 4.98 Å². The third kappa shape index (κ3) is 4.81. The highest BCUT2D eigenvalue weighted by molar-refractivity contribution is 6.33. The van der Waals surface area contributed by atoms with Gasteiger partial charge in [-0.25, -0.2) is 5.10 Å². The first-order valence-electron chi connectivity index (χ1n) is 9.49. The van der Waals surface area contributed by atoms with Gasteiger partial charge in [-0.15, -0.1) is 5.10 Å². The number of hydrogen-bond acceptors (Lipinski definition) is 5. The highest BCUT2D eigenvalue weighted by atomic mass is 35.5. The molecule has 1 fully saturated rings. The molecule has 28 heavy (non-hydrogen) atoms. The van der Waals surface area contributed by atoms with Gasteiger partial charge in [0.15, 0.2) is 0 Å². The van der Waals surface area contributed by atoms with E-state index in [-0.39, 0.29) is 17.8 Å². The predicted octanol–water partition coefficient (Wildman–Crippen LogP) is 2.84. The average Bonchev–Trinajstić information content (AvgIpc) is 3.15. The van der Waals surface area contributed by atoms with Crippen LogP contribution in [0.5, 0.6) is 0 Å². The van der Waals surface area contributed by atoms with Crippen molar-refractivity contribution in [3.05, 3.63) is 34.9 Å². The van der Waals surface area contributed by atoms with E-state index < -0.39 is 11.9 Å². The van der Waals surface area contributed by atoms with Gasteiger partial charge in [0.1, 0.15) is 6.04 Å². The lowest BCUT2D eigenvalue weighted by Crippen LogP contribution is -2.47. The zero-order valence-electron chi connectivity index (χ0n) is 16.0. The fraction of sp³-hybridized carbons (Fsp3) is 0.474. The number of aromatic amines is 1. The second-order valence-electron chi connectivity index (χ2n) is 7.20. The molecule has 1 aromatic heterocycles. The van der Waals surface area contributed by atoms with Crippen molar-refractivity contribution in [3.63, 3.8) is 0 Å². The molecule has 2 amide bonds. The molecular weight excluding hydrogens is 380 g/mol. The number of anilines is 2. The van der Waals surface area contributed by atoms with Crippen molar-refractivity contribution in [3.8, 4) is 0 Å². The van der Waals surface area contributed by atoms with Gasteiger partial charge in [-0.3, -0.25) is 14.9 Å². The number of nitrogens with zero attached hydrogens (tertiary/aromatic N) is 3. The molecule has 3 N–H and O–H groups in total. The number of hydrogen-bond donors (Lipinski definition) is 3. The number of amides is 2. The zero-order chi connectivity index (χ0) is 20.1. The second-order valence-corrected chi connectivity index (χ2v) is 7.60. The summed E-state index contributed by atoms with van der Waals surface area (Å²) in [6.45, 7) is 5.54. The van der Waals surface area contributed by atoms with Crippen LogP contribution in [-0.2, 0) is 4.79 Å². The van der Waals surface area contributed by atoms with Crippen LogP contribution in [0.1, 0.15) is 43.5 Å². The fourth-order valence-electron chi connectivity index (χ4n) is 3.14. The Balaban J connectivity index is 1.65. The molecule has 0 spiro atoms. The van der Waals surface area contributed by atoms with Gasteiger partial charge in [-0.05, 0) is 37.3 Å². The lowest BCUT2D eigenvalue weighted by atomic mass is 10.0. The summed E-state index contributed by atoms with van der Waals surface area (Å²) in [4.78, 5) is 31.7. The van der Waals surface area contributed by atoms with Crippen molar-refractivity contribution < 1.29 is 9.59 Å². The Labute approximate surface area is 169 Å². The monoisotopic (exact) mass is 404 g/mol. The van der Waals surface area contributed by atoms with E-state index in [1.165, 1.54) is 6.42 Å². The van der Waals surface area contributed by atoms with Gasteiger partial charge in [-0.1, -0.05) is 37.6 Å². The standard InChI is InChI=1S/C19H25ClN6O2/c1-12(2)15(21-16(27)13-8-4-5-9-14(13)20)17(28)22-18-23-19(25-24-18)26-10-6-3-7-11-26/h4-5,8-9,12,15H,3,6-7,10-11H2,1-2H3,(H,21,27)(H2,22,23,24,25,28). The van der Waals surface area contributed by atoms with Gasteiger partial charge in [0.05, 0.1) is 10.6 Å². The van der Waals surface area contributed by atoms with Crippen LogP contribution < -0.4 is 15.5 Å². The van der Waals surface area contributed by atoms with E-state index in [9.17, 15) is 9.59 Å². The summed E-state index contributed by atoms with van der Waals surface area (Å²) in [6, 6.07) is 5.98. The van der Waals surface area contributed by atoms with Crippen LogP contribution in [0.4, 0.5) is 11.9 Å². The van der Waals surface area contributed by atoms with Gasteiger partial charge in [0.25, 0.3) is 5.91 Å². The molecule has 0 aliphatic carbocycles. The number of rotatable bonds is 6. The van der Waals surface area contributed by atoms with E-state index in [0.29, 0.717) is 16.5 Å². The van der Waals surface area contributed by atoms with E-state index in [1.807, 2.05) is 13.8 Å². The van der Waals surface area contributed by atoms with E-state index in [4.69, 9.17) is 11.6 Å². The van der Waals surface area contributed by atoms with Crippen molar-refractivity contribution in [2.45, 2.75) is 39.2 Å². The van der Waals surface area contributed by atoms with Gasteiger partial charge < -0.3 is 10.2 Å².